The lowest BCUT2D eigenvalue weighted by atomic mass is 10.1. The predicted molar refractivity (Wildman–Crippen MR) is 124 cm³/mol. The maximum atomic E-state index is 13.5. The zero-order valence-corrected chi connectivity index (χ0v) is 20.7. The van der Waals surface area contributed by atoms with E-state index in [9.17, 15) is 31.5 Å². The van der Waals surface area contributed by atoms with Gasteiger partial charge in [-0.25, -0.2) is 13.8 Å². The molecular formula is C21H15BrF5N5O3S. The van der Waals surface area contributed by atoms with Crippen molar-refractivity contribution < 1.29 is 36.0 Å². The average molecular weight is 592 g/mol. The Labute approximate surface area is 211 Å². The maximum Gasteiger partial charge on any atom is 0.436 e. The number of carbonyl (C=O) groups excluding carboxylic acids is 2. The van der Waals surface area contributed by atoms with Crippen molar-refractivity contribution in [1.29, 1.82) is 0 Å². The van der Waals surface area contributed by atoms with Crippen molar-refractivity contribution >= 4 is 55.0 Å². The summed E-state index contributed by atoms with van der Waals surface area (Å²) in [6, 6.07) is 2.80. The summed E-state index contributed by atoms with van der Waals surface area (Å²) in [7, 11) is 0. The molecule has 1 unspecified atom stereocenters. The molecule has 0 aromatic carbocycles. The first-order chi connectivity index (χ1) is 16.8. The highest BCUT2D eigenvalue weighted by Crippen LogP contribution is 2.43. The van der Waals surface area contributed by atoms with E-state index in [2.05, 4.69) is 31.3 Å². The first kappa shape index (κ1) is 25.8. The van der Waals surface area contributed by atoms with Crippen LogP contribution in [0.5, 0.6) is 0 Å². The Morgan fingerprint density at radius 1 is 1.31 bits per heavy atom. The van der Waals surface area contributed by atoms with Gasteiger partial charge in [0.25, 0.3) is 12.3 Å². The molecule has 4 heterocycles. The zero-order valence-electron chi connectivity index (χ0n) is 18.3. The van der Waals surface area contributed by atoms with Crippen molar-refractivity contribution in [2.24, 2.45) is 5.73 Å². The van der Waals surface area contributed by atoms with Crippen LogP contribution in [0.1, 0.15) is 46.1 Å². The Balaban J connectivity index is 1.84. The number of rotatable bonds is 6. The topological polar surface area (TPSA) is 116 Å². The molecule has 190 valence electrons. The highest BCUT2D eigenvalue weighted by molar-refractivity contribution is 9.10. The number of nitrogens with zero attached hydrogens (tertiary/aromatic N) is 3. The van der Waals surface area contributed by atoms with Crippen molar-refractivity contribution in [3.63, 3.8) is 0 Å². The van der Waals surface area contributed by atoms with E-state index >= 15 is 0 Å². The van der Waals surface area contributed by atoms with Gasteiger partial charge in [-0.3, -0.25) is 14.3 Å². The second-order valence-electron chi connectivity index (χ2n) is 7.58. The number of amides is 2. The number of thiophene rings is 1. The molecule has 2 amide bonds. The molecule has 0 fully saturated rings. The highest BCUT2D eigenvalue weighted by atomic mass is 79.9. The molecule has 1 atom stereocenters. The van der Waals surface area contributed by atoms with Crippen LogP contribution in [0.2, 0.25) is 0 Å². The Morgan fingerprint density at radius 2 is 2.00 bits per heavy atom. The van der Waals surface area contributed by atoms with Gasteiger partial charge >= 0.3 is 6.18 Å². The summed E-state index contributed by atoms with van der Waals surface area (Å²) in [6.07, 6.45) is -6.40. The molecule has 15 heteroatoms. The molecule has 0 bridgehead atoms. The molecule has 0 saturated heterocycles. The number of furan rings is 1. The van der Waals surface area contributed by atoms with Crippen LogP contribution >= 0.6 is 27.3 Å². The maximum absolute atomic E-state index is 13.5. The Morgan fingerprint density at radius 3 is 2.53 bits per heavy atom. The third-order valence-electron chi connectivity index (χ3n) is 5.26. The summed E-state index contributed by atoms with van der Waals surface area (Å²) in [5.41, 5.74) is 3.71. The van der Waals surface area contributed by atoms with Crippen LogP contribution in [0.4, 0.5) is 27.6 Å². The number of carbonyl (C=O) groups is 2. The fourth-order valence-electron chi connectivity index (χ4n) is 3.54. The number of nitrogens with two attached hydrogens (primary N) is 1. The van der Waals surface area contributed by atoms with Crippen LogP contribution in [0.25, 0.3) is 21.5 Å². The van der Waals surface area contributed by atoms with Crippen LogP contribution in [0.3, 0.4) is 0 Å². The molecule has 0 aliphatic heterocycles. The second-order valence-corrected chi connectivity index (χ2v) is 9.37. The largest absolute Gasteiger partial charge is 0.464 e. The van der Waals surface area contributed by atoms with E-state index in [0.717, 1.165) is 10.7 Å². The van der Waals surface area contributed by atoms with Gasteiger partial charge in [-0.2, -0.15) is 18.3 Å². The number of hydrogen-bond acceptors (Lipinski definition) is 6. The molecule has 0 aliphatic carbocycles. The van der Waals surface area contributed by atoms with E-state index in [1.54, 1.807) is 0 Å². The van der Waals surface area contributed by atoms with E-state index in [-0.39, 0.29) is 42.3 Å². The Bertz CT molecular complexity index is 1480. The lowest BCUT2D eigenvalue weighted by Gasteiger charge is -2.15. The van der Waals surface area contributed by atoms with Gasteiger partial charge in [-0.05, 0) is 48.0 Å². The molecule has 0 aliphatic rings. The molecule has 8 nitrogen and oxygen atoms in total. The minimum atomic E-state index is -4.76. The number of alkyl halides is 5. The van der Waals surface area contributed by atoms with Gasteiger partial charge in [-0.15, -0.1) is 11.3 Å². The van der Waals surface area contributed by atoms with Crippen molar-refractivity contribution in [1.82, 2.24) is 14.8 Å². The molecule has 0 spiro atoms. The molecule has 0 saturated carbocycles. The van der Waals surface area contributed by atoms with Gasteiger partial charge in [0.2, 0.25) is 5.91 Å². The zero-order chi connectivity index (χ0) is 26.5. The van der Waals surface area contributed by atoms with Gasteiger partial charge in [0.15, 0.2) is 5.69 Å². The smallest absolute Gasteiger partial charge is 0.436 e. The Kier molecular flexibility index (Phi) is 6.64. The van der Waals surface area contributed by atoms with Crippen LogP contribution < -0.4 is 11.1 Å². The molecule has 4 rings (SSSR count). The fraction of sp³-hybridized carbons (Fsp3) is 0.238. The minimum Gasteiger partial charge on any atom is -0.464 e. The summed E-state index contributed by atoms with van der Waals surface area (Å²) in [5.74, 6) is -1.65. The monoisotopic (exact) mass is 591 g/mol. The molecule has 4 aromatic heterocycles. The summed E-state index contributed by atoms with van der Waals surface area (Å²) in [5, 5.41) is 6.14. The third-order valence-corrected chi connectivity index (χ3v) is 7.30. The lowest BCUT2D eigenvalue weighted by Crippen LogP contribution is -2.26. The lowest BCUT2D eigenvalue weighted by molar-refractivity contribution is -0.142. The molecule has 0 radical (unpaired) electrons. The number of halogens is 6. The molecule has 36 heavy (non-hydrogen) atoms. The van der Waals surface area contributed by atoms with Crippen molar-refractivity contribution in [2.45, 2.75) is 32.5 Å². The number of primary amides is 1. The number of nitrogens with one attached hydrogen (secondary N) is 1. The van der Waals surface area contributed by atoms with Crippen LogP contribution in [-0.4, -0.2) is 26.6 Å². The summed E-state index contributed by atoms with van der Waals surface area (Å²) in [6.45, 7) is 2.65. The SMILES string of the molecule is Cc1c(Br)c(C(F)(F)F)nn1C(C)C(=O)Nc1c(C(N)=O)sc2nc(C(F)F)cc(-c3ccco3)c12. The molecule has 4 aromatic rings. The molecule has 3 N–H and O–H groups in total. The normalized spacial score (nSPS) is 12.9. The average Bonchev–Trinajstić information content (AvgIpc) is 3.51. The van der Waals surface area contributed by atoms with Gasteiger partial charge in [-0.1, -0.05) is 0 Å². The number of pyridine rings is 1. The third kappa shape index (κ3) is 4.48. The first-order valence-corrected chi connectivity index (χ1v) is 11.6. The number of anilines is 1. The van der Waals surface area contributed by atoms with Crippen LogP contribution in [0, 0.1) is 6.92 Å². The van der Waals surface area contributed by atoms with Gasteiger partial charge in [0.1, 0.15) is 27.2 Å². The second kappa shape index (κ2) is 9.28. The van der Waals surface area contributed by atoms with Gasteiger partial charge in [0, 0.05) is 10.9 Å². The first-order valence-electron chi connectivity index (χ1n) is 10.0. The van der Waals surface area contributed by atoms with Gasteiger partial charge < -0.3 is 15.5 Å². The van der Waals surface area contributed by atoms with Gasteiger partial charge in [0.05, 0.1) is 22.1 Å². The number of aromatic nitrogens is 3. The number of hydrogen-bond donors (Lipinski definition) is 2. The van der Waals surface area contributed by atoms with E-state index in [4.69, 9.17) is 10.2 Å². The summed E-state index contributed by atoms with van der Waals surface area (Å²) >= 11 is 3.54. The summed E-state index contributed by atoms with van der Waals surface area (Å²) in [4.78, 5) is 29.0. The predicted octanol–water partition coefficient (Wildman–Crippen LogP) is 6.08. The highest BCUT2D eigenvalue weighted by Gasteiger charge is 2.39. The van der Waals surface area contributed by atoms with Crippen molar-refractivity contribution in [2.75, 3.05) is 5.32 Å². The Hall–Kier alpha value is -3.33. The van der Waals surface area contributed by atoms with Crippen molar-refractivity contribution in [3.05, 3.63) is 50.9 Å². The minimum absolute atomic E-state index is 0.0201. The standard InChI is InChI=1S/C21H15BrF5N5O3S/c1-7-13(22)16(21(25,26)27)31-32(7)8(2)19(34)30-14-12-9(11-4-3-5-35-11)6-10(17(23)24)29-20(12)36-15(14)18(28)33/h3-6,8,17H,1-2H3,(H2,28,33)(H,30,34). The van der Waals surface area contributed by atoms with E-state index in [1.807, 2.05) is 0 Å². The van der Waals surface area contributed by atoms with Crippen LogP contribution in [-0.2, 0) is 11.0 Å². The summed E-state index contributed by atoms with van der Waals surface area (Å²) < 4.78 is 72.7. The fourth-order valence-corrected chi connectivity index (χ4v) is 5.04. The van der Waals surface area contributed by atoms with E-state index in [1.165, 1.54) is 32.2 Å². The molecular weight excluding hydrogens is 577 g/mol. The number of fused-ring (bicyclic) bond motifs is 1. The quantitative estimate of drug-likeness (QED) is 0.264. The van der Waals surface area contributed by atoms with Crippen molar-refractivity contribution in [3.8, 4) is 11.3 Å². The van der Waals surface area contributed by atoms with E-state index < -0.39 is 41.8 Å². The van der Waals surface area contributed by atoms with Crippen LogP contribution in [0.15, 0.2) is 33.4 Å². The van der Waals surface area contributed by atoms with E-state index in [0.29, 0.717) is 11.3 Å².